The molecule has 2 amide bonds. The van der Waals surface area contributed by atoms with Crippen molar-refractivity contribution in [3.63, 3.8) is 0 Å². The van der Waals surface area contributed by atoms with Gasteiger partial charge in [0.1, 0.15) is 17.9 Å². The molecule has 0 saturated carbocycles. The number of hydrogen-bond donors (Lipinski definition) is 1. The fourth-order valence-electron chi connectivity index (χ4n) is 5.76. The molecule has 0 spiro atoms. The number of halogens is 2. The van der Waals surface area contributed by atoms with Crippen LogP contribution in [0.4, 0.5) is 5.69 Å². The lowest BCUT2D eigenvalue weighted by Gasteiger charge is -2.30. The average Bonchev–Trinajstić information content (AvgIpc) is 3.58. The minimum Gasteiger partial charge on any atom is -0.487 e. The van der Waals surface area contributed by atoms with Gasteiger partial charge in [-0.2, -0.15) is 0 Å². The van der Waals surface area contributed by atoms with Gasteiger partial charge in [0.2, 0.25) is 5.91 Å². The molecule has 3 aromatic carbocycles. The van der Waals surface area contributed by atoms with Crippen LogP contribution in [0.2, 0.25) is 10.0 Å². The van der Waals surface area contributed by atoms with Crippen molar-refractivity contribution in [2.45, 2.75) is 20.1 Å². The van der Waals surface area contributed by atoms with Crippen LogP contribution in [0.1, 0.15) is 32.9 Å². The predicted octanol–water partition coefficient (Wildman–Crippen LogP) is 7.09. The number of fused-ring (bicyclic) bond motifs is 1. The van der Waals surface area contributed by atoms with Crippen molar-refractivity contribution in [2.24, 2.45) is 0 Å². The normalized spacial score (nSPS) is 13.2. The Morgan fingerprint density at radius 3 is 2.53 bits per heavy atom. The van der Waals surface area contributed by atoms with Gasteiger partial charge >= 0.3 is 0 Å². The molecule has 6 rings (SSSR count). The van der Waals surface area contributed by atoms with E-state index in [0.29, 0.717) is 45.8 Å². The van der Waals surface area contributed by atoms with Gasteiger partial charge in [-0.1, -0.05) is 47.5 Å². The van der Waals surface area contributed by atoms with E-state index in [0.717, 1.165) is 46.6 Å². The van der Waals surface area contributed by atoms with Gasteiger partial charge in [0.25, 0.3) is 5.91 Å². The van der Waals surface area contributed by atoms with Crippen LogP contribution >= 0.6 is 23.2 Å². The van der Waals surface area contributed by atoms with E-state index in [2.05, 4.69) is 22.3 Å². The topological polar surface area (TPSA) is 88.9 Å². The van der Waals surface area contributed by atoms with E-state index in [1.807, 2.05) is 48.0 Å². The Balaban J connectivity index is 1.16. The van der Waals surface area contributed by atoms with Crippen LogP contribution < -0.4 is 15.0 Å². The summed E-state index contributed by atoms with van der Waals surface area (Å²) in [4.78, 5) is 33.5. The summed E-state index contributed by atoms with van der Waals surface area (Å²) in [6, 6.07) is 22.6. The zero-order valence-electron chi connectivity index (χ0n) is 27.6. The number of nitrogens with one attached hydrogen (secondary N) is 1. The first-order chi connectivity index (χ1) is 23.7. The second-order valence-electron chi connectivity index (χ2n) is 11.9. The van der Waals surface area contributed by atoms with E-state index in [4.69, 9.17) is 37.7 Å². The van der Waals surface area contributed by atoms with E-state index in [1.165, 1.54) is 11.0 Å². The molecule has 11 heteroatoms. The lowest BCUT2D eigenvalue weighted by Crippen LogP contribution is -2.36. The van der Waals surface area contributed by atoms with Crippen LogP contribution in [-0.2, 0) is 22.7 Å². The summed E-state index contributed by atoms with van der Waals surface area (Å²) in [5.41, 5.74) is 6.37. The third kappa shape index (κ3) is 7.75. The number of pyridine rings is 1. The summed E-state index contributed by atoms with van der Waals surface area (Å²) in [5, 5.41) is 4.88. The molecule has 1 saturated heterocycles. The molecule has 1 fully saturated rings. The fourth-order valence-corrected chi connectivity index (χ4v) is 6.33. The molecule has 0 unspecified atom stereocenters. The molecule has 5 aromatic rings. The van der Waals surface area contributed by atoms with Crippen LogP contribution in [-0.4, -0.2) is 66.7 Å². The number of rotatable bonds is 10. The largest absolute Gasteiger partial charge is 0.487 e. The number of nitrogens with zero attached hydrogens (tertiary/aromatic N) is 4. The SMILES string of the molecule is Cc1cc(N2CCOCC2)c2cccc(OCc3c(Cl)ccc(-n4cccc4CNC(=O)/C=C/c4ccc(C(=O)N(C)C)cc4)c3Cl)c2n1. The Bertz CT molecular complexity index is 2020. The Hall–Kier alpha value is -4.83. The molecule has 1 aliphatic rings. The van der Waals surface area contributed by atoms with E-state index >= 15 is 0 Å². The first-order valence-electron chi connectivity index (χ1n) is 16.0. The number of anilines is 1. The number of morpholine rings is 1. The fraction of sp³-hybridized carbons (Fsp3) is 0.237. The highest BCUT2D eigenvalue weighted by molar-refractivity contribution is 6.37. The van der Waals surface area contributed by atoms with E-state index < -0.39 is 0 Å². The average molecular weight is 699 g/mol. The first kappa shape index (κ1) is 34.0. The molecule has 9 nitrogen and oxygen atoms in total. The molecule has 0 radical (unpaired) electrons. The minimum atomic E-state index is -0.256. The molecule has 3 heterocycles. The number of ether oxygens (including phenoxy) is 2. The van der Waals surface area contributed by atoms with Gasteiger partial charge in [-0.15, -0.1) is 0 Å². The van der Waals surface area contributed by atoms with Crippen molar-refractivity contribution in [3.8, 4) is 11.4 Å². The monoisotopic (exact) mass is 697 g/mol. The minimum absolute atomic E-state index is 0.0768. The molecule has 49 heavy (non-hydrogen) atoms. The summed E-state index contributed by atoms with van der Waals surface area (Å²) in [7, 11) is 3.41. The van der Waals surface area contributed by atoms with Gasteiger partial charge in [0.15, 0.2) is 0 Å². The smallest absolute Gasteiger partial charge is 0.253 e. The van der Waals surface area contributed by atoms with E-state index in [1.54, 1.807) is 50.5 Å². The second kappa shape index (κ2) is 15.2. The number of carbonyl (C=O) groups excluding carboxylic acids is 2. The van der Waals surface area contributed by atoms with Crippen molar-refractivity contribution in [3.05, 3.63) is 123 Å². The molecular formula is C38H37Cl2N5O4. The first-order valence-corrected chi connectivity index (χ1v) is 16.7. The van der Waals surface area contributed by atoms with Gasteiger partial charge in [0.05, 0.1) is 30.5 Å². The van der Waals surface area contributed by atoms with Gasteiger partial charge in [-0.3, -0.25) is 9.59 Å². The Kier molecular flexibility index (Phi) is 10.5. The summed E-state index contributed by atoms with van der Waals surface area (Å²) < 4.78 is 13.9. The third-order valence-electron chi connectivity index (χ3n) is 8.33. The van der Waals surface area contributed by atoms with Crippen molar-refractivity contribution in [1.29, 1.82) is 0 Å². The Morgan fingerprint density at radius 2 is 1.78 bits per heavy atom. The highest BCUT2D eigenvalue weighted by atomic mass is 35.5. The van der Waals surface area contributed by atoms with Crippen molar-refractivity contribution in [2.75, 3.05) is 45.3 Å². The summed E-state index contributed by atoms with van der Waals surface area (Å²) in [5.74, 6) is 0.309. The lowest BCUT2D eigenvalue weighted by molar-refractivity contribution is -0.116. The Labute approximate surface area is 295 Å². The summed E-state index contributed by atoms with van der Waals surface area (Å²) >= 11 is 13.7. The van der Waals surface area contributed by atoms with Crippen molar-refractivity contribution in [1.82, 2.24) is 19.8 Å². The van der Waals surface area contributed by atoms with Crippen molar-refractivity contribution >= 4 is 57.7 Å². The number of para-hydroxylation sites is 1. The maximum Gasteiger partial charge on any atom is 0.253 e. The van der Waals surface area contributed by atoms with Crippen LogP contribution in [0.15, 0.2) is 85.1 Å². The molecule has 252 valence electrons. The van der Waals surface area contributed by atoms with Gasteiger partial charge in [-0.25, -0.2) is 4.98 Å². The zero-order valence-corrected chi connectivity index (χ0v) is 29.1. The van der Waals surface area contributed by atoms with Gasteiger partial charge in [0, 0.05) is 78.1 Å². The number of amides is 2. The maximum atomic E-state index is 12.7. The molecule has 0 atom stereocenters. The van der Waals surface area contributed by atoms with Crippen LogP contribution in [0.5, 0.6) is 5.75 Å². The standard InChI is InChI=1S/C38H37Cl2N5O4/c1-25-22-33(44-18-20-48-21-19-44)29-7-4-8-34(37(29)42-25)49-24-30-31(39)14-15-32(36(30)40)45-17-5-6-28(45)23-41-35(46)16-11-26-9-12-27(13-10-26)38(47)43(2)3/h4-17,22H,18-21,23-24H2,1-3H3,(H,41,46)/b16-11+. The molecular weight excluding hydrogens is 661 g/mol. The molecule has 0 bridgehead atoms. The van der Waals surface area contributed by atoms with Crippen LogP contribution in [0.25, 0.3) is 22.7 Å². The number of carbonyl (C=O) groups is 2. The number of hydrogen-bond acceptors (Lipinski definition) is 6. The third-order valence-corrected chi connectivity index (χ3v) is 9.10. The number of aromatic nitrogens is 2. The Morgan fingerprint density at radius 1 is 1.00 bits per heavy atom. The molecule has 0 aliphatic carbocycles. The van der Waals surface area contributed by atoms with Crippen LogP contribution in [0, 0.1) is 6.92 Å². The number of aryl methyl sites for hydroxylation is 1. The highest BCUT2D eigenvalue weighted by Crippen LogP contribution is 2.36. The second-order valence-corrected chi connectivity index (χ2v) is 12.7. The molecule has 2 aromatic heterocycles. The van der Waals surface area contributed by atoms with E-state index in [9.17, 15) is 9.59 Å². The predicted molar refractivity (Wildman–Crippen MR) is 195 cm³/mol. The number of benzene rings is 3. The van der Waals surface area contributed by atoms with Gasteiger partial charge < -0.3 is 29.2 Å². The zero-order chi connectivity index (χ0) is 34.5. The molecule has 1 N–H and O–H groups in total. The van der Waals surface area contributed by atoms with Crippen molar-refractivity contribution < 1.29 is 19.1 Å². The highest BCUT2D eigenvalue weighted by Gasteiger charge is 2.19. The summed E-state index contributed by atoms with van der Waals surface area (Å²) in [6.07, 6.45) is 5.06. The van der Waals surface area contributed by atoms with E-state index in [-0.39, 0.29) is 25.0 Å². The summed E-state index contributed by atoms with van der Waals surface area (Å²) in [6.45, 7) is 5.41. The maximum absolute atomic E-state index is 12.7. The van der Waals surface area contributed by atoms with Crippen LogP contribution in [0.3, 0.4) is 0 Å². The molecule has 1 aliphatic heterocycles. The van der Waals surface area contributed by atoms with Gasteiger partial charge in [-0.05, 0) is 67.1 Å². The lowest BCUT2D eigenvalue weighted by atomic mass is 10.1. The quantitative estimate of drug-likeness (QED) is 0.157.